The number of hydrogen-bond donors (Lipinski definition) is 1. The third-order valence-corrected chi connectivity index (χ3v) is 3.35. The first-order valence-electron chi connectivity index (χ1n) is 7.99. The van der Waals surface area contributed by atoms with Crippen molar-refractivity contribution in [1.82, 2.24) is 10.3 Å². The van der Waals surface area contributed by atoms with Gasteiger partial charge in [0.25, 0.3) is 5.91 Å². The van der Waals surface area contributed by atoms with E-state index in [1.807, 2.05) is 29.2 Å². The zero-order valence-electron chi connectivity index (χ0n) is 13.8. The summed E-state index contributed by atoms with van der Waals surface area (Å²) in [5.41, 5.74) is 3.41. The molecule has 1 amide bonds. The van der Waals surface area contributed by atoms with E-state index in [1.165, 1.54) is 0 Å². The maximum absolute atomic E-state index is 11.9. The molecular weight excluding hydrogens is 294 g/mol. The molecule has 1 fully saturated rings. The third kappa shape index (κ3) is 6.38. The molecule has 1 saturated heterocycles. The van der Waals surface area contributed by atoms with Crippen molar-refractivity contribution in [3.8, 4) is 5.75 Å². The Morgan fingerprint density at radius 3 is 2.87 bits per heavy atom. The van der Waals surface area contributed by atoms with Gasteiger partial charge < -0.3 is 9.47 Å². The number of benzene rings is 1. The largest absolute Gasteiger partial charge is 0.493 e. The number of rotatable bonds is 7. The van der Waals surface area contributed by atoms with Gasteiger partial charge in [0.1, 0.15) is 5.75 Å². The fraction of sp³-hybridized carbons (Fsp3) is 0.529. The molecule has 0 spiro atoms. The molecule has 23 heavy (non-hydrogen) atoms. The average Bonchev–Trinajstić information content (AvgIpc) is 2.55. The Hall–Kier alpha value is -1.92. The topological polar surface area (TPSA) is 63.2 Å². The summed E-state index contributed by atoms with van der Waals surface area (Å²) in [6.07, 6.45) is 1.62. The first-order valence-corrected chi connectivity index (χ1v) is 7.99. The molecule has 1 heterocycles. The highest BCUT2D eigenvalue weighted by Gasteiger charge is 2.13. The van der Waals surface area contributed by atoms with Gasteiger partial charge in [-0.2, -0.15) is 5.10 Å². The van der Waals surface area contributed by atoms with Crippen LogP contribution in [-0.4, -0.2) is 56.5 Å². The van der Waals surface area contributed by atoms with E-state index in [9.17, 15) is 4.79 Å². The Morgan fingerprint density at radius 2 is 2.13 bits per heavy atom. The fourth-order valence-corrected chi connectivity index (χ4v) is 2.15. The number of carbonyl (C=O) groups excluding carboxylic acids is 1. The number of nitrogens with zero attached hydrogens (tertiary/aromatic N) is 2. The molecule has 2 rings (SSSR count). The lowest BCUT2D eigenvalue weighted by molar-refractivity contribution is -0.123. The third-order valence-electron chi connectivity index (χ3n) is 3.35. The predicted octanol–water partition coefficient (Wildman–Crippen LogP) is 1.50. The number of carbonyl (C=O) groups is 1. The van der Waals surface area contributed by atoms with Crippen LogP contribution in [0.1, 0.15) is 19.4 Å². The smallest absolute Gasteiger partial charge is 0.254 e. The maximum atomic E-state index is 11.9. The van der Waals surface area contributed by atoms with Crippen LogP contribution in [0.5, 0.6) is 5.75 Å². The first-order chi connectivity index (χ1) is 11.1. The molecule has 1 aliphatic heterocycles. The summed E-state index contributed by atoms with van der Waals surface area (Å²) in [7, 11) is 0. The number of para-hydroxylation sites is 1. The second-order valence-electron chi connectivity index (χ2n) is 5.92. The highest BCUT2D eigenvalue weighted by molar-refractivity contribution is 5.85. The molecule has 126 valence electrons. The van der Waals surface area contributed by atoms with Gasteiger partial charge in [-0.3, -0.25) is 9.69 Å². The van der Waals surface area contributed by atoms with Crippen LogP contribution in [-0.2, 0) is 9.53 Å². The number of amides is 1. The van der Waals surface area contributed by atoms with Gasteiger partial charge in [-0.15, -0.1) is 0 Å². The van der Waals surface area contributed by atoms with Gasteiger partial charge in [0, 0.05) is 18.7 Å². The van der Waals surface area contributed by atoms with Gasteiger partial charge in [0.05, 0.1) is 32.6 Å². The van der Waals surface area contributed by atoms with Gasteiger partial charge in [0.2, 0.25) is 0 Å². The summed E-state index contributed by atoms with van der Waals surface area (Å²) in [5, 5.41) is 4.03. The summed E-state index contributed by atoms with van der Waals surface area (Å²) in [4.78, 5) is 13.9. The van der Waals surface area contributed by atoms with Gasteiger partial charge in [0.15, 0.2) is 0 Å². The van der Waals surface area contributed by atoms with Crippen molar-refractivity contribution in [2.45, 2.75) is 13.8 Å². The van der Waals surface area contributed by atoms with Crippen LogP contribution in [0, 0.1) is 5.92 Å². The van der Waals surface area contributed by atoms with Crippen molar-refractivity contribution in [3.05, 3.63) is 29.8 Å². The van der Waals surface area contributed by atoms with E-state index in [4.69, 9.17) is 9.47 Å². The molecule has 6 nitrogen and oxygen atoms in total. The summed E-state index contributed by atoms with van der Waals surface area (Å²) in [6.45, 7) is 8.10. The van der Waals surface area contributed by atoms with Gasteiger partial charge in [-0.1, -0.05) is 26.0 Å². The van der Waals surface area contributed by atoms with E-state index < -0.39 is 0 Å². The molecule has 1 aromatic carbocycles. The zero-order chi connectivity index (χ0) is 16.5. The van der Waals surface area contributed by atoms with Crippen LogP contribution < -0.4 is 10.2 Å². The molecule has 0 atom stereocenters. The molecule has 1 N–H and O–H groups in total. The van der Waals surface area contributed by atoms with E-state index in [2.05, 4.69) is 24.4 Å². The van der Waals surface area contributed by atoms with E-state index >= 15 is 0 Å². The summed E-state index contributed by atoms with van der Waals surface area (Å²) in [6, 6.07) is 7.65. The van der Waals surface area contributed by atoms with Crippen LogP contribution in [0.3, 0.4) is 0 Å². The second-order valence-corrected chi connectivity index (χ2v) is 5.92. The second kappa shape index (κ2) is 9.27. The number of hydrazone groups is 1. The molecule has 1 aliphatic rings. The van der Waals surface area contributed by atoms with Gasteiger partial charge in [-0.05, 0) is 18.1 Å². The molecular formula is C17H25N3O3. The normalized spacial score (nSPS) is 16.0. The summed E-state index contributed by atoms with van der Waals surface area (Å²) >= 11 is 0. The highest BCUT2D eigenvalue weighted by atomic mass is 16.5. The van der Waals surface area contributed by atoms with Crippen LogP contribution in [0.2, 0.25) is 0 Å². The lowest BCUT2D eigenvalue weighted by Crippen LogP contribution is -2.42. The van der Waals surface area contributed by atoms with Gasteiger partial charge >= 0.3 is 0 Å². The van der Waals surface area contributed by atoms with Crippen molar-refractivity contribution in [2.75, 3.05) is 39.5 Å². The van der Waals surface area contributed by atoms with Crippen molar-refractivity contribution in [2.24, 2.45) is 11.0 Å². The summed E-state index contributed by atoms with van der Waals surface area (Å²) < 4.78 is 11.0. The minimum atomic E-state index is -0.122. The predicted molar refractivity (Wildman–Crippen MR) is 89.8 cm³/mol. The monoisotopic (exact) mass is 319 g/mol. The quantitative estimate of drug-likeness (QED) is 0.611. The Bertz CT molecular complexity index is 526. The van der Waals surface area contributed by atoms with E-state index in [-0.39, 0.29) is 5.91 Å². The van der Waals surface area contributed by atoms with E-state index in [0.29, 0.717) is 32.3 Å². The molecule has 0 unspecified atom stereocenters. The fourth-order valence-electron chi connectivity index (χ4n) is 2.15. The molecule has 0 aromatic heterocycles. The minimum absolute atomic E-state index is 0.122. The minimum Gasteiger partial charge on any atom is -0.493 e. The Balaban J connectivity index is 1.83. The molecule has 0 radical (unpaired) electrons. The molecule has 0 bridgehead atoms. The highest BCUT2D eigenvalue weighted by Crippen LogP contribution is 2.16. The maximum Gasteiger partial charge on any atom is 0.254 e. The van der Waals surface area contributed by atoms with E-state index in [0.717, 1.165) is 24.4 Å². The molecule has 0 saturated carbocycles. The number of hydrogen-bond acceptors (Lipinski definition) is 5. The van der Waals surface area contributed by atoms with Gasteiger partial charge in [-0.25, -0.2) is 5.43 Å². The van der Waals surface area contributed by atoms with Crippen molar-refractivity contribution >= 4 is 12.1 Å². The standard InChI is InChI=1S/C17H25N3O3/c1-14(2)13-23-16-6-4-3-5-15(16)11-18-19-17(21)12-20-7-9-22-10-8-20/h3-6,11,14H,7-10,12-13H2,1-2H3,(H,19,21)/b18-11-. The Labute approximate surface area is 137 Å². The van der Waals surface area contributed by atoms with Crippen LogP contribution in [0.25, 0.3) is 0 Å². The van der Waals surface area contributed by atoms with Crippen LogP contribution in [0.4, 0.5) is 0 Å². The molecule has 6 heteroatoms. The molecule has 1 aromatic rings. The molecule has 0 aliphatic carbocycles. The Morgan fingerprint density at radius 1 is 1.39 bits per heavy atom. The van der Waals surface area contributed by atoms with E-state index in [1.54, 1.807) is 6.21 Å². The first kappa shape index (κ1) is 17.4. The van der Waals surface area contributed by atoms with Crippen LogP contribution >= 0.6 is 0 Å². The lowest BCUT2D eigenvalue weighted by atomic mass is 10.2. The summed E-state index contributed by atoms with van der Waals surface area (Å²) in [5.74, 6) is 1.10. The lowest BCUT2D eigenvalue weighted by Gasteiger charge is -2.25. The van der Waals surface area contributed by atoms with Crippen molar-refractivity contribution in [3.63, 3.8) is 0 Å². The zero-order valence-corrected chi connectivity index (χ0v) is 13.8. The number of ether oxygens (including phenoxy) is 2. The number of nitrogens with one attached hydrogen (secondary N) is 1. The number of morpholine rings is 1. The van der Waals surface area contributed by atoms with Crippen LogP contribution in [0.15, 0.2) is 29.4 Å². The average molecular weight is 319 g/mol. The SMILES string of the molecule is CC(C)COc1ccccc1/C=N\NC(=O)CN1CCOCC1. The van der Waals surface area contributed by atoms with Crippen molar-refractivity contribution < 1.29 is 14.3 Å². The van der Waals surface area contributed by atoms with Crippen molar-refractivity contribution in [1.29, 1.82) is 0 Å². The Kier molecular flexibility index (Phi) is 7.03.